The van der Waals surface area contributed by atoms with Gasteiger partial charge in [0.1, 0.15) is 11.4 Å². The Labute approximate surface area is 113 Å². The summed E-state index contributed by atoms with van der Waals surface area (Å²) in [6.45, 7) is 4.18. The maximum Gasteiger partial charge on any atom is 0.172 e. The first-order valence-electron chi connectivity index (χ1n) is 6.88. The molecular weight excluding hydrogens is 244 g/mol. The van der Waals surface area contributed by atoms with Crippen molar-refractivity contribution in [3.05, 3.63) is 18.2 Å². The molecule has 0 radical (unpaired) electrons. The van der Waals surface area contributed by atoms with Crippen molar-refractivity contribution in [3.8, 4) is 0 Å². The topological polar surface area (TPSA) is 53.4 Å². The smallest absolute Gasteiger partial charge is 0.172 e. The van der Waals surface area contributed by atoms with Crippen LogP contribution in [-0.4, -0.2) is 41.3 Å². The molecule has 2 heterocycles. The summed E-state index contributed by atoms with van der Waals surface area (Å²) >= 11 is 0. The zero-order chi connectivity index (χ0) is 13.7. The van der Waals surface area contributed by atoms with Crippen molar-refractivity contribution in [2.24, 2.45) is 0 Å². The average Bonchev–Trinajstić information content (AvgIpc) is 2.87. The van der Waals surface area contributed by atoms with E-state index in [1.54, 1.807) is 13.3 Å². The monoisotopic (exact) mass is 266 g/mol. The molecule has 0 aliphatic carbocycles. The first-order valence-corrected chi connectivity index (χ1v) is 6.88. The summed E-state index contributed by atoms with van der Waals surface area (Å²) in [5.41, 5.74) is -0.679. The van der Waals surface area contributed by atoms with Gasteiger partial charge in [-0.05, 0) is 6.42 Å². The molecule has 1 aliphatic rings. The Morgan fingerprint density at radius 2 is 2.26 bits per heavy atom. The number of rotatable bonds is 6. The van der Waals surface area contributed by atoms with Gasteiger partial charge in [0.05, 0.1) is 6.42 Å². The van der Waals surface area contributed by atoms with Crippen molar-refractivity contribution in [1.82, 2.24) is 9.55 Å². The summed E-state index contributed by atoms with van der Waals surface area (Å²) in [5.74, 6) is 0.941. The number of ketones is 1. The van der Waals surface area contributed by atoms with E-state index in [2.05, 4.69) is 11.9 Å². The number of hydrogen-bond acceptors (Lipinski definition) is 4. The Morgan fingerprint density at radius 1 is 1.53 bits per heavy atom. The van der Waals surface area contributed by atoms with E-state index in [9.17, 15) is 4.79 Å². The van der Waals surface area contributed by atoms with Crippen LogP contribution in [0.15, 0.2) is 12.4 Å². The minimum Gasteiger partial charge on any atom is -0.381 e. The third kappa shape index (κ3) is 3.04. The number of ether oxygens (including phenoxy) is 2. The molecule has 0 unspecified atom stereocenters. The van der Waals surface area contributed by atoms with Gasteiger partial charge in [-0.1, -0.05) is 6.92 Å². The molecule has 2 rings (SSSR count). The lowest BCUT2D eigenvalue weighted by molar-refractivity contribution is -0.152. The number of Topliss-reactive ketones (excluding diaryl/α,β-unsaturated/α-hetero) is 1. The van der Waals surface area contributed by atoms with Crippen molar-refractivity contribution in [2.45, 2.75) is 44.8 Å². The summed E-state index contributed by atoms with van der Waals surface area (Å²) < 4.78 is 12.9. The maximum atomic E-state index is 12.5. The Bertz CT molecular complexity index is 422. The highest BCUT2D eigenvalue weighted by Crippen LogP contribution is 2.26. The molecule has 19 heavy (non-hydrogen) atoms. The van der Waals surface area contributed by atoms with Crippen LogP contribution < -0.4 is 0 Å². The molecule has 106 valence electrons. The minimum absolute atomic E-state index is 0.113. The van der Waals surface area contributed by atoms with E-state index in [0.29, 0.717) is 32.5 Å². The van der Waals surface area contributed by atoms with Crippen molar-refractivity contribution in [2.75, 3.05) is 20.3 Å². The normalized spacial score (nSPS) is 18.4. The van der Waals surface area contributed by atoms with Crippen molar-refractivity contribution in [3.63, 3.8) is 0 Å². The number of methoxy groups -OCH3 is 1. The van der Waals surface area contributed by atoms with E-state index in [0.717, 1.165) is 18.8 Å². The Morgan fingerprint density at radius 3 is 2.89 bits per heavy atom. The molecule has 0 saturated carbocycles. The summed E-state index contributed by atoms with van der Waals surface area (Å²) in [5, 5.41) is 0. The standard InChI is InChI=1S/C14H22N2O3/c1-3-7-16-8-6-15-13(16)11-12(17)14(18-2)4-9-19-10-5-14/h6,8H,3-5,7,9-11H2,1-2H3. The highest BCUT2D eigenvalue weighted by atomic mass is 16.5. The SMILES string of the molecule is CCCn1ccnc1CC(=O)C1(OC)CCOCC1. The molecule has 1 aliphatic heterocycles. The van der Waals surface area contributed by atoms with Crippen molar-refractivity contribution >= 4 is 5.78 Å². The van der Waals surface area contributed by atoms with E-state index in [1.807, 2.05) is 10.8 Å². The quantitative estimate of drug-likeness (QED) is 0.785. The first-order chi connectivity index (χ1) is 9.22. The minimum atomic E-state index is -0.679. The second kappa shape index (κ2) is 6.30. The second-order valence-corrected chi connectivity index (χ2v) is 4.95. The fraction of sp³-hybridized carbons (Fsp3) is 0.714. The summed E-state index contributed by atoms with van der Waals surface area (Å²) in [6, 6.07) is 0. The second-order valence-electron chi connectivity index (χ2n) is 4.95. The van der Waals surface area contributed by atoms with Gasteiger partial charge < -0.3 is 14.0 Å². The van der Waals surface area contributed by atoms with Crippen LogP contribution >= 0.6 is 0 Å². The van der Waals surface area contributed by atoms with Gasteiger partial charge in [0, 0.05) is 52.1 Å². The molecule has 0 aromatic carbocycles. The molecule has 1 saturated heterocycles. The summed E-state index contributed by atoms with van der Waals surface area (Å²) in [7, 11) is 1.61. The van der Waals surface area contributed by atoms with Gasteiger partial charge in [-0.25, -0.2) is 4.98 Å². The molecule has 5 nitrogen and oxygen atoms in total. The van der Waals surface area contributed by atoms with E-state index in [-0.39, 0.29) is 5.78 Å². The van der Waals surface area contributed by atoms with Crippen molar-refractivity contribution < 1.29 is 14.3 Å². The predicted molar refractivity (Wildman–Crippen MR) is 71.0 cm³/mol. The highest BCUT2D eigenvalue weighted by Gasteiger charge is 2.40. The zero-order valence-corrected chi connectivity index (χ0v) is 11.7. The molecule has 1 aromatic rings. The first kappa shape index (κ1) is 14.2. The van der Waals surface area contributed by atoms with E-state index >= 15 is 0 Å². The number of hydrogen-bond donors (Lipinski definition) is 0. The van der Waals surface area contributed by atoms with Crippen LogP contribution in [0.1, 0.15) is 32.0 Å². The van der Waals surface area contributed by atoms with Crippen molar-refractivity contribution in [1.29, 1.82) is 0 Å². The molecule has 1 aromatic heterocycles. The van der Waals surface area contributed by atoms with Crippen LogP contribution in [0.5, 0.6) is 0 Å². The van der Waals surface area contributed by atoms with Crippen LogP contribution in [0, 0.1) is 0 Å². The predicted octanol–water partition coefficient (Wildman–Crippen LogP) is 1.60. The third-order valence-corrected chi connectivity index (χ3v) is 3.78. The largest absolute Gasteiger partial charge is 0.381 e. The van der Waals surface area contributed by atoms with Crippen LogP contribution in [0.25, 0.3) is 0 Å². The van der Waals surface area contributed by atoms with Crippen LogP contribution in [0.3, 0.4) is 0 Å². The number of imidazole rings is 1. The van der Waals surface area contributed by atoms with Gasteiger partial charge in [-0.2, -0.15) is 0 Å². The Hall–Kier alpha value is -1.20. The number of carbonyl (C=O) groups excluding carboxylic acids is 1. The Balaban J connectivity index is 2.08. The lowest BCUT2D eigenvalue weighted by Crippen LogP contribution is -2.46. The molecule has 0 amide bonds. The third-order valence-electron chi connectivity index (χ3n) is 3.78. The zero-order valence-electron chi connectivity index (χ0n) is 11.7. The molecule has 5 heteroatoms. The van der Waals surface area contributed by atoms with E-state index in [4.69, 9.17) is 9.47 Å². The molecule has 0 bridgehead atoms. The van der Waals surface area contributed by atoms with Gasteiger partial charge in [0.2, 0.25) is 0 Å². The number of carbonyl (C=O) groups is 1. The maximum absolute atomic E-state index is 12.5. The van der Waals surface area contributed by atoms with E-state index in [1.165, 1.54) is 0 Å². The molecule has 0 N–H and O–H groups in total. The number of nitrogens with zero attached hydrogens (tertiary/aromatic N) is 2. The lowest BCUT2D eigenvalue weighted by Gasteiger charge is -2.34. The fourth-order valence-corrected chi connectivity index (χ4v) is 2.55. The van der Waals surface area contributed by atoms with Crippen LogP contribution in [-0.2, 0) is 27.2 Å². The van der Waals surface area contributed by atoms with Gasteiger partial charge in [0.25, 0.3) is 0 Å². The number of aryl methyl sites for hydroxylation is 1. The molecule has 0 spiro atoms. The molecule has 1 fully saturated rings. The van der Waals surface area contributed by atoms with Gasteiger partial charge >= 0.3 is 0 Å². The van der Waals surface area contributed by atoms with Crippen LogP contribution in [0.4, 0.5) is 0 Å². The highest BCUT2D eigenvalue weighted by molar-refractivity contribution is 5.88. The molecular formula is C14H22N2O3. The number of aromatic nitrogens is 2. The fourth-order valence-electron chi connectivity index (χ4n) is 2.55. The van der Waals surface area contributed by atoms with Gasteiger partial charge in [-0.15, -0.1) is 0 Å². The summed E-state index contributed by atoms with van der Waals surface area (Å²) in [6.07, 6.45) is 6.31. The lowest BCUT2D eigenvalue weighted by atomic mass is 9.87. The van der Waals surface area contributed by atoms with Gasteiger partial charge in [-0.3, -0.25) is 4.79 Å². The van der Waals surface area contributed by atoms with Crippen LogP contribution in [0.2, 0.25) is 0 Å². The average molecular weight is 266 g/mol. The van der Waals surface area contributed by atoms with Gasteiger partial charge in [0.15, 0.2) is 5.78 Å². The summed E-state index contributed by atoms with van der Waals surface area (Å²) in [4.78, 5) is 16.8. The van der Waals surface area contributed by atoms with E-state index < -0.39 is 5.60 Å². The molecule has 0 atom stereocenters. The Kier molecular flexibility index (Phi) is 4.71.